The van der Waals surface area contributed by atoms with Crippen LogP contribution in [0.1, 0.15) is 40.1 Å². The minimum atomic E-state index is -0.472. The van der Waals surface area contributed by atoms with Crippen molar-refractivity contribution >= 4 is 17.5 Å². The minimum Gasteiger partial charge on any atom is -0.334 e. The molecular weight excluding hydrogens is 424 g/mol. The Morgan fingerprint density at radius 2 is 1.58 bits per heavy atom. The van der Waals surface area contributed by atoms with E-state index in [0.717, 1.165) is 5.56 Å². The summed E-state index contributed by atoms with van der Waals surface area (Å²) in [5.41, 5.74) is 7.57. The molecule has 3 aromatic rings. The monoisotopic (exact) mass is 451 g/mol. The second-order valence-corrected chi connectivity index (χ2v) is 8.70. The molecular formula is C26H27F2N3O2. The predicted octanol–water partition coefficient (Wildman–Crippen LogP) is 4.84. The lowest BCUT2D eigenvalue weighted by Crippen LogP contribution is -2.41. The third-order valence-corrected chi connectivity index (χ3v) is 5.22. The fraction of sp³-hybridized carbons (Fsp3) is 0.231. The number of anilines is 1. The molecule has 0 aliphatic carbocycles. The average Bonchev–Trinajstić information content (AvgIpc) is 2.79. The second-order valence-electron chi connectivity index (χ2n) is 8.70. The van der Waals surface area contributed by atoms with Gasteiger partial charge in [-0.2, -0.15) is 0 Å². The molecule has 5 nitrogen and oxygen atoms in total. The summed E-state index contributed by atoms with van der Waals surface area (Å²) in [5, 5.41) is 2.76. The molecule has 0 spiro atoms. The number of amides is 2. The lowest BCUT2D eigenvalue weighted by Gasteiger charge is -2.32. The number of hydrogen-bond acceptors (Lipinski definition) is 3. The maximum atomic E-state index is 13.7. The Labute approximate surface area is 192 Å². The number of rotatable bonds is 8. The summed E-state index contributed by atoms with van der Waals surface area (Å²) in [4.78, 5) is 27.1. The van der Waals surface area contributed by atoms with Crippen molar-refractivity contribution in [2.24, 2.45) is 11.1 Å². The van der Waals surface area contributed by atoms with Crippen molar-refractivity contribution in [3.8, 4) is 0 Å². The molecule has 0 radical (unpaired) electrons. The van der Waals surface area contributed by atoms with Gasteiger partial charge in [0.05, 0.1) is 0 Å². The third kappa shape index (κ3) is 6.70. The minimum absolute atomic E-state index is 0.269. The Balaban J connectivity index is 1.74. The fourth-order valence-corrected chi connectivity index (χ4v) is 3.30. The van der Waals surface area contributed by atoms with Crippen LogP contribution < -0.4 is 11.1 Å². The lowest BCUT2D eigenvalue weighted by molar-refractivity contribution is 0.0672. The van der Waals surface area contributed by atoms with Crippen LogP contribution in [0.4, 0.5) is 14.5 Å². The van der Waals surface area contributed by atoms with Crippen LogP contribution in [-0.2, 0) is 6.54 Å². The molecule has 0 atom stereocenters. The molecule has 0 heterocycles. The Kier molecular flexibility index (Phi) is 7.55. The predicted molar refractivity (Wildman–Crippen MR) is 125 cm³/mol. The SMILES string of the molecule is CC(C)(CN)CN(Cc1ccc(NC(=O)c2ccc(F)cc2)cc1)C(=O)c1cccc(F)c1. The second kappa shape index (κ2) is 10.4. The highest BCUT2D eigenvalue weighted by atomic mass is 19.1. The maximum absolute atomic E-state index is 13.7. The summed E-state index contributed by atoms with van der Waals surface area (Å²) < 4.78 is 26.7. The van der Waals surface area contributed by atoms with E-state index in [9.17, 15) is 18.4 Å². The van der Waals surface area contributed by atoms with Crippen molar-refractivity contribution in [1.82, 2.24) is 4.90 Å². The Hall–Kier alpha value is -3.58. The van der Waals surface area contributed by atoms with Crippen LogP contribution in [0.2, 0.25) is 0 Å². The van der Waals surface area contributed by atoms with Gasteiger partial charge < -0.3 is 16.0 Å². The first-order valence-corrected chi connectivity index (χ1v) is 10.6. The van der Waals surface area contributed by atoms with Gasteiger partial charge in [0.15, 0.2) is 0 Å². The zero-order chi connectivity index (χ0) is 24.0. The first-order chi connectivity index (χ1) is 15.7. The maximum Gasteiger partial charge on any atom is 0.255 e. The highest BCUT2D eigenvalue weighted by molar-refractivity contribution is 6.04. The molecule has 3 aromatic carbocycles. The molecule has 0 fully saturated rings. The van der Waals surface area contributed by atoms with Gasteiger partial charge in [0.1, 0.15) is 11.6 Å². The molecule has 0 aliphatic rings. The number of nitrogens with two attached hydrogens (primary N) is 1. The Morgan fingerprint density at radius 1 is 0.909 bits per heavy atom. The summed E-state index contributed by atoms with van der Waals surface area (Å²) in [6.07, 6.45) is 0. The molecule has 0 saturated carbocycles. The van der Waals surface area contributed by atoms with Crippen LogP contribution in [0.5, 0.6) is 0 Å². The average molecular weight is 452 g/mol. The van der Waals surface area contributed by atoms with Crippen molar-refractivity contribution in [2.75, 3.05) is 18.4 Å². The summed E-state index contributed by atoms with van der Waals surface area (Å²) in [7, 11) is 0. The van der Waals surface area contributed by atoms with Gasteiger partial charge in [-0.25, -0.2) is 8.78 Å². The lowest BCUT2D eigenvalue weighted by atomic mass is 9.92. The van der Waals surface area contributed by atoms with E-state index >= 15 is 0 Å². The third-order valence-electron chi connectivity index (χ3n) is 5.22. The summed E-state index contributed by atoms with van der Waals surface area (Å²) >= 11 is 0. The van der Waals surface area contributed by atoms with Crippen LogP contribution in [0, 0.1) is 17.0 Å². The van der Waals surface area contributed by atoms with Crippen LogP contribution in [-0.4, -0.2) is 29.8 Å². The van der Waals surface area contributed by atoms with E-state index in [2.05, 4.69) is 5.32 Å². The molecule has 2 amide bonds. The summed E-state index contributed by atoms with van der Waals surface area (Å²) in [5.74, 6) is -1.52. The zero-order valence-electron chi connectivity index (χ0n) is 18.6. The quantitative estimate of drug-likeness (QED) is 0.514. The van der Waals surface area contributed by atoms with Gasteiger partial charge in [-0.05, 0) is 72.1 Å². The number of hydrogen-bond donors (Lipinski definition) is 2. The van der Waals surface area contributed by atoms with E-state index in [0.29, 0.717) is 30.9 Å². The van der Waals surface area contributed by atoms with Crippen molar-refractivity contribution in [3.63, 3.8) is 0 Å². The number of halogens is 2. The molecule has 0 saturated heterocycles. The van der Waals surface area contributed by atoms with Gasteiger partial charge >= 0.3 is 0 Å². The smallest absolute Gasteiger partial charge is 0.255 e. The molecule has 0 unspecified atom stereocenters. The fourth-order valence-electron chi connectivity index (χ4n) is 3.30. The van der Waals surface area contributed by atoms with E-state index in [1.54, 1.807) is 23.1 Å². The number of carbonyl (C=O) groups excluding carboxylic acids is 2. The summed E-state index contributed by atoms with van der Waals surface area (Å²) in [6.45, 7) is 5.00. The van der Waals surface area contributed by atoms with Crippen LogP contribution >= 0.6 is 0 Å². The van der Waals surface area contributed by atoms with Gasteiger partial charge in [-0.15, -0.1) is 0 Å². The first-order valence-electron chi connectivity index (χ1n) is 10.6. The molecule has 7 heteroatoms. The molecule has 3 rings (SSSR count). The van der Waals surface area contributed by atoms with E-state index in [-0.39, 0.29) is 22.8 Å². The molecule has 172 valence electrons. The normalized spacial score (nSPS) is 11.2. The van der Waals surface area contributed by atoms with E-state index in [4.69, 9.17) is 5.73 Å². The zero-order valence-corrected chi connectivity index (χ0v) is 18.6. The van der Waals surface area contributed by atoms with Gasteiger partial charge in [-0.3, -0.25) is 9.59 Å². The van der Waals surface area contributed by atoms with Crippen LogP contribution in [0.3, 0.4) is 0 Å². The van der Waals surface area contributed by atoms with E-state index in [1.165, 1.54) is 42.5 Å². The summed E-state index contributed by atoms with van der Waals surface area (Å²) in [6, 6.07) is 18.0. The largest absolute Gasteiger partial charge is 0.334 e. The molecule has 0 bridgehead atoms. The molecule has 0 aromatic heterocycles. The van der Waals surface area contributed by atoms with Gasteiger partial charge in [0, 0.05) is 29.9 Å². The van der Waals surface area contributed by atoms with Gasteiger partial charge in [0.25, 0.3) is 11.8 Å². The van der Waals surface area contributed by atoms with Crippen molar-refractivity contribution in [3.05, 3.63) is 101 Å². The standard InChI is InChI=1S/C26H27F2N3O2/c1-26(2,16-29)17-31(25(33)20-4-3-5-22(28)14-20)15-18-6-12-23(13-7-18)30-24(32)19-8-10-21(27)11-9-19/h3-14H,15-17,29H2,1-2H3,(H,30,32). The highest BCUT2D eigenvalue weighted by Gasteiger charge is 2.25. The van der Waals surface area contributed by atoms with E-state index < -0.39 is 11.6 Å². The number of nitrogens with zero attached hydrogens (tertiary/aromatic N) is 1. The molecule has 0 aliphatic heterocycles. The first kappa shape index (κ1) is 24.1. The molecule has 33 heavy (non-hydrogen) atoms. The highest BCUT2D eigenvalue weighted by Crippen LogP contribution is 2.21. The van der Waals surface area contributed by atoms with Crippen molar-refractivity contribution < 1.29 is 18.4 Å². The van der Waals surface area contributed by atoms with Crippen molar-refractivity contribution in [1.29, 1.82) is 0 Å². The molecule has 3 N–H and O–H groups in total. The van der Waals surface area contributed by atoms with Crippen molar-refractivity contribution in [2.45, 2.75) is 20.4 Å². The number of carbonyl (C=O) groups is 2. The van der Waals surface area contributed by atoms with Crippen LogP contribution in [0.15, 0.2) is 72.8 Å². The van der Waals surface area contributed by atoms with Gasteiger partial charge in [0.2, 0.25) is 0 Å². The van der Waals surface area contributed by atoms with Gasteiger partial charge in [-0.1, -0.05) is 32.0 Å². The van der Waals surface area contributed by atoms with E-state index in [1.807, 2.05) is 26.0 Å². The Morgan fingerprint density at radius 3 is 2.18 bits per heavy atom. The number of benzene rings is 3. The Bertz CT molecular complexity index is 1110. The topological polar surface area (TPSA) is 75.4 Å². The number of nitrogens with one attached hydrogen (secondary N) is 1. The van der Waals surface area contributed by atoms with Crippen LogP contribution in [0.25, 0.3) is 0 Å².